The van der Waals surface area contributed by atoms with Gasteiger partial charge in [-0.15, -0.1) is 0 Å². The van der Waals surface area contributed by atoms with E-state index in [0.29, 0.717) is 0 Å². The van der Waals surface area contributed by atoms with Crippen LogP contribution >= 0.6 is 0 Å². The molecule has 1 aliphatic heterocycles. The lowest BCUT2D eigenvalue weighted by Crippen LogP contribution is -2.42. The minimum absolute atomic E-state index is 0.178. The predicted octanol–water partition coefficient (Wildman–Crippen LogP) is 1.35. The molecule has 1 saturated heterocycles. The van der Waals surface area contributed by atoms with Crippen molar-refractivity contribution >= 4 is 0 Å². The van der Waals surface area contributed by atoms with Crippen LogP contribution in [0.5, 0.6) is 0 Å². The second kappa shape index (κ2) is 4.24. The molecule has 0 aromatic heterocycles. The van der Waals surface area contributed by atoms with Gasteiger partial charge in [0, 0.05) is 19.6 Å². The first-order valence-corrected chi connectivity index (χ1v) is 4.98. The van der Waals surface area contributed by atoms with Crippen molar-refractivity contribution in [1.29, 1.82) is 0 Å². The summed E-state index contributed by atoms with van der Waals surface area (Å²) in [6.45, 7) is 9.62. The molecule has 2 heteroatoms. The summed E-state index contributed by atoms with van der Waals surface area (Å²) < 4.78 is 0. The molecule has 2 nitrogen and oxygen atoms in total. The van der Waals surface area contributed by atoms with Gasteiger partial charge in [-0.25, -0.2) is 0 Å². The molecule has 0 aromatic carbocycles. The van der Waals surface area contributed by atoms with Crippen LogP contribution in [-0.2, 0) is 0 Å². The molecule has 0 bridgehead atoms. The van der Waals surface area contributed by atoms with E-state index in [9.17, 15) is 5.11 Å². The Hall–Kier alpha value is -0.0800. The van der Waals surface area contributed by atoms with E-state index in [1.165, 1.54) is 6.42 Å². The molecule has 0 amide bonds. The maximum absolute atomic E-state index is 9.24. The zero-order chi connectivity index (χ0) is 9.14. The van der Waals surface area contributed by atoms with Crippen LogP contribution in [0.3, 0.4) is 0 Å². The van der Waals surface area contributed by atoms with Crippen LogP contribution in [0.25, 0.3) is 0 Å². The van der Waals surface area contributed by atoms with Crippen LogP contribution in [0, 0.1) is 11.8 Å². The molecule has 2 unspecified atom stereocenters. The van der Waals surface area contributed by atoms with E-state index in [2.05, 4.69) is 18.7 Å². The first kappa shape index (κ1) is 10.0. The lowest BCUT2D eigenvalue weighted by molar-refractivity contribution is 0.0789. The van der Waals surface area contributed by atoms with E-state index in [-0.39, 0.29) is 6.10 Å². The first-order valence-electron chi connectivity index (χ1n) is 4.98. The van der Waals surface area contributed by atoms with E-state index < -0.39 is 0 Å². The average molecular weight is 171 g/mol. The van der Waals surface area contributed by atoms with E-state index in [1.807, 2.05) is 6.92 Å². The molecule has 0 radical (unpaired) electrons. The summed E-state index contributed by atoms with van der Waals surface area (Å²) in [6, 6.07) is 0. The molecule has 0 aliphatic carbocycles. The van der Waals surface area contributed by atoms with Gasteiger partial charge in [0.05, 0.1) is 6.10 Å². The van der Waals surface area contributed by atoms with Gasteiger partial charge < -0.3 is 10.0 Å². The number of hydrogen-bond acceptors (Lipinski definition) is 2. The number of nitrogens with zero attached hydrogens (tertiary/aromatic N) is 1. The Labute approximate surface area is 75.6 Å². The second-order valence-electron chi connectivity index (χ2n) is 4.51. The Bertz CT molecular complexity index is 123. The Balaban J connectivity index is 2.34. The van der Waals surface area contributed by atoms with Gasteiger partial charge in [-0.3, -0.25) is 0 Å². The largest absolute Gasteiger partial charge is 0.392 e. The quantitative estimate of drug-likeness (QED) is 0.678. The van der Waals surface area contributed by atoms with Crippen LogP contribution in [-0.4, -0.2) is 35.7 Å². The number of hydrogen-bond donors (Lipinski definition) is 1. The topological polar surface area (TPSA) is 23.5 Å². The molecular weight excluding hydrogens is 150 g/mol. The molecule has 0 aromatic rings. The number of aliphatic hydroxyl groups is 1. The molecule has 12 heavy (non-hydrogen) atoms. The van der Waals surface area contributed by atoms with Crippen molar-refractivity contribution in [2.75, 3.05) is 19.6 Å². The van der Waals surface area contributed by atoms with Gasteiger partial charge in [0.15, 0.2) is 0 Å². The second-order valence-corrected chi connectivity index (χ2v) is 4.51. The Kier molecular flexibility index (Phi) is 3.53. The number of rotatable bonds is 2. The summed E-state index contributed by atoms with van der Waals surface area (Å²) in [7, 11) is 0. The fourth-order valence-corrected chi connectivity index (χ4v) is 2.31. The van der Waals surface area contributed by atoms with Crippen molar-refractivity contribution < 1.29 is 5.11 Å². The minimum atomic E-state index is -0.178. The van der Waals surface area contributed by atoms with Crippen molar-refractivity contribution in [3.05, 3.63) is 0 Å². The van der Waals surface area contributed by atoms with Gasteiger partial charge in [0.1, 0.15) is 0 Å². The van der Waals surface area contributed by atoms with E-state index in [0.717, 1.165) is 31.5 Å². The highest BCUT2D eigenvalue weighted by atomic mass is 16.3. The van der Waals surface area contributed by atoms with Crippen LogP contribution in [0.2, 0.25) is 0 Å². The van der Waals surface area contributed by atoms with Gasteiger partial charge in [-0.2, -0.15) is 0 Å². The van der Waals surface area contributed by atoms with Crippen LogP contribution < -0.4 is 0 Å². The highest BCUT2D eigenvalue weighted by Gasteiger charge is 2.21. The standard InChI is InChI=1S/C10H21NO/c1-8-4-9(2)6-11(5-8)7-10(3)12/h8-10,12H,4-7H2,1-3H3/t8?,9?,10-/m0/s1. The van der Waals surface area contributed by atoms with E-state index in [1.54, 1.807) is 0 Å². The van der Waals surface area contributed by atoms with Crippen molar-refractivity contribution in [2.24, 2.45) is 11.8 Å². The van der Waals surface area contributed by atoms with Gasteiger partial charge in [0.2, 0.25) is 0 Å². The van der Waals surface area contributed by atoms with E-state index >= 15 is 0 Å². The number of β-amino-alcohol motifs (C(OH)–C–C–N with tert-alkyl or cyclic N) is 1. The number of piperidine rings is 1. The predicted molar refractivity (Wildman–Crippen MR) is 51.1 cm³/mol. The Morgan fingerprint density at radius 2 is 1.83 bits per heavy atom. The van der Waals surface area contributed by atoms with Gasteiger partial charge in [-0.05, 0) is 25.2 Å². The van der Waals surface area contributed by atoms with Crippen molar-refractivity contribution in [1.82, 2.24) is 4.90 Å². The monoisotopic (exact) mass is 171 g/mol. The van der Waals surface area contributed by atoms with Crippen molar-refractivity contribution in [3.8, 4) is 0 Å². The highest BCUT2D eigenvalue weighted by Crippen LogP contribution is 2.20. The maximum atomic E-state index is 9.24. The summed E-state index contributed by atoms with van der Waals surface area (Å²) in [5.41, 5.74) is 0. The molecule has 3 atom stereocenters. The zero-order valence-electron chi connectivity index (χ0n) is 8.45. The van der Waals surface area contributed by atoms with Gasteiger partial charge in [0.25, 0.3) is 0 Å². The van der Waals surface area contributed by atoms with Gasteiger partial charge >= 0.3 is 0 Å². The minimum Gasteiger partial charge on any atom is -0.392 e. The lowest BCUT2D eigenvalue weighted by atomic mass is 9.92. The van der Waals surface area contributed by atoms with Gasteiger partial charge in [-0.1, -0.05) is 13.8 Å². The molecule has 0 spiro atoms. The average Bonchev–Trinajstić information content (AvgIpc) is 1.81. The fourth-order valence-electron chi connectivity index (χ4n) is 2.31. The molecule has 1 aliphatic rings. The maximum Gasteiger partial charge on any atom is 0.0639 e. The SMILES string of the molecule is CC1CC(C)CN(C[C@H](C)O)C1. The Morgan fingerprint density at radius 3 is 2.25 bits per heavy atom. The fraction of sp³-hybridized carbons (Fsp3) is 1.00. The normalized spacial score (nSPS) is 35.0. The third-order valence-corrected chi connectivity index (χ3v) is 2.47. The molecule has 1 rings (SSSR count). The summed E-state index contributed by atoms with van der Waals surface area (Å²) in [5, 5.41) is 9.24. The van der Waals surface area contributed by atoms with Crippen LogP contribution in [0.4, 0.5) is 0 Å². The zero-order valence-corrected chi connectivity index (χ0v) is 8.45. The summed E-state index contributed by atoms with van der Waals surface area (Å²) in [5.74, 6) is 1.60. The number of likely N-dealkylation sites (tertiary alicyclic amines) is 1. The van der Waals surface area contributed by atoms with E-state index in [4.69, 9.17) is 0 Å². The molecule has 1 heterocycles. The van der Waals surface area contributed by atoms with Crippen molar-refractivity contribution in [2.45, 2.75) is 33.3 Å². The summed E-state index contributed by atoms with van der Waals surface area (Å²) in [6.07, 6.45) is 1.17. The summed E-state index contributed by atoms with van der Waals surface area (Å²) in [4.78, 5) is 2.38. The molecule has 1 N–H and O–H groups in total. The lowest BCUT2D eigenvalue weighted by Gasteiger charge is -2.35. The molecule has 1 fully saturated rings. The smallest absolute Gasteiger partial charge is 0.0639 e. The third-order valence-electron chi connectivity index (χ3n) is 2.47. The molecule has 72 valence electrons. The van der Waals surface area contributed by atoms with Crippen molar-refractivity contribution in [3.63, 3.8) is 0 Å². The molecule has 0 saturated carbocycles. The van der Waals surface area contributed by atoms with Crippen LogP contribution in [0.1, 0.15) is 27.2 Å². The van der Waals surface area contributed by atoms with Crippen LogP contribution in [0.15, 0.2) is 0 Å². The highest BCUT2D eigenvalue weighted by molar-refractivity contribution is 4.75. The summed E-state index contributed by atoms with van der Waals surface area (Å²) >= 11 is 0. The first-order chi connectivity index (χ1) is 5.58. The Morgan fingerprint density at radius 1 is 1.33 bits per heavy atom. The number of aliphatic hydroxyl groups excluding tert-OH is 1. The third kappa shape index (κ3) is 3.11. The molecular formula is C10H21NO.